The van der Waals surface area contributed by atoms with E-state index in [-0.39, 0.29) is 0 Å². The average molecular weight is 222 g/mol. The Bertz CT molecular complexity index is 369. The van der Waals surface area contributed by atoms with E-state index in [0.29, 0.717) is 6.04 Å². The van der Waals surface area contributed by atoms with Gasteiger partial charge < -0.3 is 5.32 Å². The van der Waals surface area contributed by atoms with Gasteiger partial charge in [0.05, 0.1) is 5.69 Å². The predicted molar refractivity (Wildman–Crippen MR) is 65.4 cm³/mol. The molecule has 0 spiro atoms. The number of hydrogen-bond donors (Lipinski definition) is 1. The first kappa shape index (κ1) is 11.6. The maximum Gasteiger partial charge on any atom is 0.0641 e. The largest absolute Gasteiger partial charge is 0.312 e. The molecular weight excluding hydrogens is 200 g/mol. The van der Waals surface area contributed by atoms with E-state index in [0.717, 1.165) is 26.2 Å². The summed E-state index contributed by atoms with van der Waals surface area (Å²) in [7, 11) is 2.02. The van der Waals surface area contributed by atoms with Crippen LogP contribution in [-0.4, -0.2) is 40.4 Å². The lowest BCUT2D eigenvalue weighted by atomic mass is 10.1. The predicted octanol–water partition coefficient (Wildman–Crippen LogP) is 0.831. The molecule has 1 aliphatic rings. The van der Waals surface area contributed by atoms with Crippen LogP contribution in [0.3, 0.4) is 0 Å². The van der Waals surface area contributed by atoms with Crippen molar-refractivity contribution in [2.24, 2.45) is 7.05 Å². The molecule has 2 heterocycles. The molecule has 1 aromatic rings. The van der Waals surface area contributed by atoms with Gasteiger partial charge in [0.2, 0.25) is 0 Å². The first-order valence-electron chi connectivity index (χ1n) is 6.02. The molecule has 1 aliphatic heterocycles. The van der Waals surface area contributed by atoms with Crippen molar-refractivity contribution in [2.45, 2.75) is 33.4 Å². The van der Waals surface area contributed by atoms with E-state index in [4.69, 9.17) is 0 Å². The summed E-state index contributed by atoms with van der Waals surface area (Å²) < 4.78 is 1.98. The topological polar surface area (TPSA) is 33.1 Å². The molecule has 1 saturated heterocycles. The van der Waals surface area contributed by atoms with Crippen molar-refractivity contribution < 1.29 is 0 Å². The van der Waals surface area contributed by atoms with Crippen LogP contribution in [0.5, 0.6) is 0 Å². The van der Waals surface area contributed by atoms with E-state index < -0.39 is 0 Å². The second-order valence-electron chi connectivity index (χ2n) is 4.86. The summed E-state index contributed by atoms with van der Waals surface area (Å²) in [5.74, 6) is 0. The number of aromatic nitrogens is 2. The van der Waals surface area contributed by atoms with Gasteiger partial charge in [0.25, 0.3) is 0 Å². The SMILES string of the molecule is Cc1nn(C)c(C)c1CN1CCN[C@H](C)C1. The highest BCUT2D eigenvalue weighted by Crippen LogP contribution is 2.15. The second kappa shape index (κ2) is 4.55. The van der Waals surface area contributed by atoms with Crippen LogP contribution in [0.2, 0.25) is 0 Å². The van der Waals surface area contributed by atoms with Crippen molar-refractivity contribution in [3.63, 3.8) is 0 Å². The lowest BCUT2D eigenvalue weighted by molar-refractivity contribution is 0.199. The zero-order valence-electron chi connectivity index (χ0n) is 10.7. The van der Waals surface area contributed by atoms with Gasteiger partial charge in [-0.15, -0.1) is 0 Å². The van der Waals surface area contributed by atoms with Gasteiger partial charge in [-0.25, -0.2) is 0 Å². The van der Waals surface area contributed by atoms with E-state index in [1.165, 1.54) is 17.0 Å². The number of piperazine rings is 1. The minimum Gasteiger partial charge on any atom is -0.312 e. The molecule has 0 saturated carbocycles. The second-order valence-corrected chi connectivity index (χ2v) is 4.86. The molecule has 0 amide bonds. The molecule has 1 N–H and O–H groups in total. The lowest BCUT2D eigenvalue weighted by Gasteiger charge is -2.31. The van der Waals surface area contributed by atoms with Crippen molar-refractivity contribution in [3.8, 4) is 0 Å². The number of aryl methyl sites for hydroxylation is 2. The highest BCUT2D eigenvalue weighted by Gasteiger charge is 2.18. The van der Waals surface area contributed by atoms with Crippen LogP contribution in [0, 0.1) is 13.8 Å². The van der Waals surface area contributed by atoms with E-state index in [1.807, 2.05) is 11.7 Å². The molecule has 0 unspecified atom stereocenters. The standard InChI is InChI=1S/C12H22N4/c1-9-7-16(6-5-13-9)8-12-10(2)14-15(4)11(12)3/h9,13H,5-8H2,1-4H3/t9-/m1/s1. The summed E-state index contributed by atoms with van der Waals surface area (Å²) in [4.78, 5) is 2.51. The van der Waals surface area contributed by atoms with Gasteiger partial charge in [0, 0.05) is 50.5 Å². The maximum atomic E-state index is 4.47. The number of hydrogen-bond acceptors (Lipinski definition) is 3. The van der Waals surface area contributed by atoms with Gasteiger partial charge in [0.15, 0.2) is 0 Å². The third-order valence-corrected chi connectivity index (χ3v) is 3.49. The van der Waals surface area contributed by atoms with Crippen LogP contribution >= 0.6 is 0 Å². The van der Waals surface area contributed by atoms with Crippen LogP contribution < -0.4 is 5.32 Å². The molecule has 90 valence electrons. The molecule has 0 aromatic carbocycles. The van der Waals surface area contributed by atoms with Crippen molar-refractivity contribution in [1.29, 1.82) is 0 Å². The molecule has 1 fully saturated rings. The summed E-state index contributed by atoms with van der Waals surface area (Å²) in [6.07, 6.45) is 0. The Hall–Kier alpha value is -0.870. The van der Waals surface area contributed by atoms with Crippen LogP contribution in [0.15, 0.2) is 0 Å². The molecule has 0 radical (unpaired) electrons. The summed E-state index contributed by atoms with van der Waals surface area (Å²) in [6, 6.07) is 0.603. The third-order valence-electron chi connectivity index (χ3n) is 3.49. The van der Waals surface area contributed by atoms with Gasteiger partial charge in [0.1, 0.15) is 0 Å². The first-order chi connectivity index (χ1) is 7.58. The Morgan fingerprint density at radius 2 is 2.19 bits per heavy atom. The minimum absolute atomic E-state index is 0.603. The zero-order valence-corrected chi connectivity index (χ0v) is 10.7. The first-order valence-corrected chi connectivity index (χ1v) is 6.02. The van der Waals surface area contributed by atoms with Crippen LogP contribution in [0.1, 0.15) is 23.9 Å². The third kappa shape index (κ3) is 2.28. The average Bonchev–Trinajstić information content (AvgIpc) is 2.45. The lowest BCUT2D eigenvalue weighted by Crippen LogP contribution is -2.48. The number of rotatable bonds is 2. The Morgan fingerprint density at radius 3 is 2.75 bits per heavy atom. The maximum absolute atomic E-state index is 4.47. The van der Waals surface area contributed by atoms with E-state index >= 15 is 0 Å². The van der Waals surface area contributed by atoms with Crippen molar-refractivity contribution in [3.05, 3.63) is 17.0 Å². The van der Waals surface area contributed by atoms with Gasteiger partial charge in [-0.2, -0.15) is 5.10 Å². The molecule has 1 aromatic heterocycles. The van der Waals surface area contributed by atoms with Gasteiger partial charge in [-0.3, -0.25) is 9.58 Å². The molecular formula is C12H22N4. The monoisotopic (exact) mass is 222 g/mol. The highest BCUT2D eigenvalue weighted by molar-refractivity contribution is 5.24. The molecule has 16 heavy (non-hydrogen) atoms. The molecule has 0 aliphatic carbocycles. The van der Waals surface area contributed by atoms with Gasteiger partial charge >= 0.3 is 0 Å². The highest BCUT2D eigenvalue weighted by atomic mass is 15.3. The fourth-order valence-corrected chi connectivity index (χ4v) is 2.43. The van der Waals surface area contributed by atoms with Crippen LogP contribution in [0.25, 0.3) is 0 Å². The molecule has 4 heteroatoms. The van der Waals surface area contributed by atoms with E-state index in [1.54, 1.807) is 0 Å². The summed E-state index contributed by atoms with van der Waals surface area (Å²) in [5.41, 5.74) is 3.87. The molecule has 0 bridgehead atoms. The summed E-state index contributed by atoms with van der Waals surface area (Å²) >= 11 is 0. The Kier molecular flexibility index (Phi) is 3.30. The smallest absolute Gasteiger partial charge is 0.0641 e. The summed E-state index contributed by atoms with van der Waals surface area (Å²) in [6.45, 7) is 10.9. The Balaban J connectivity index is 2.08. The molecule has 2 rings (SSSR count). The molecule has 4 nitrogen and oxygen atoms in total. The van der Waals surface area contributed by atoms with Crippen molar-refractivity contribution in [1.82, 2.24) is 20.0 Å². The van der Waals surface area contributed by atoms with Crippen LogP contribution in [-0.2, 0) is 13.6 Å². The fraction of sp³-hybridized carbons (Fsp3) is 0.750. The minimum atomic E-state index is 0.603. The zero-order chi connectivity index (χ0) is 11.7. The fourth-order valence-electron chi connectivity index (χ4n) is 2.43. The van der Waals surface area contributed by atoms with Crippen molar-refractivity contribution >= 4 is 0 Å². The van der Waals surface area contributed by atoms with Gasteiger partial charge in [-0.1, -0.05) is 0 Å². The van der Waals surface area contributed by atoms with Gasteiger partial charge in [-0.05, 0) is 20.8 Å². The Morgan fingerprint density at radius 1 is 1.44 bits per heavy atom. The van der Waals surface area contributed by atoms with Crippen LogP contribution in [0.4, 0.5) is 0 Å². The number of nitrogens with one attached hydrogen (secondary N) is 1. The van der Waals surface area contributed by atoms with E-state index in [9.17, 15) is 0 Å². The normalized spacial score (nSPS) is 22.6. The van der Waals surface area contributed by atoms with Crippen molar-refractivity contribution in [2.75, 3.05) is 19.6 Å². The molecule has 1 atom stereocenters. The summed E-state index contributed by atoms with van der Waals surface area (Å²) in [5, 5.41) is 7.94. The van der Waals surface area contributed by atoms with E-state index in [2.05, 4.69) is 36.1 Å². The quantitative estimate of drug-likeness (QED) is 0.804. The number of nitrogens with zero attached hydrogens (tertiary/aromatic N) is 3. The Labute approximate surface area is 97.6 Å².